The van der Waals surface area contributed by atoms with E-state index in [4.69, 9.17) is 19.7 Å². The molecule has 0 bridgehead atoms. The zero-order chi connectivity index (χ0) is 20.9. The van der Waals surface area contributed by atoms with Crippen LogP contribution in [0.2, 0.25) is 0 Å². The number of carbonyl (C=O) groups is 4. The lowest BCUT2D eigenvalue weighted by Gasteiger charge is -2.29. The molecular formula is C18H32O8. The molecule has 0 aliphatic carbocycles. The minimum Gasteiger partial charge on any atom is -0.481 e. The first-order valence-electron chi connectivity index (χ1n) is 8.76. The summed E-state index contributed by atoms with van der Waals surface area (Å²) in [6.45, 7) is 11.9. The Morgan fingerprint density at radius 1 is 0.692 bits per heavy atom. The predicted molar refractivity (Wildman–Crippen MR) is 94.4 cm³/mol. The molecule has 0 saturated carbocycles. The third-order valence-electron chi connectivity index (χ3n) is 3.49. The molecule has 0 rings (SSSR count). The van der Waals surface area contributed by atoms with Crippen molar-refractivity contribution in [1.29, 1.82) is 0 Å². The lowest BCUT2D eigenvalue weighted by Crippen LogP contribution is -2.39. The number of hydrogen-bond donors (Lipinski definition) is 2. The molecule has 152 valence electrons. The molecule has 8 heteroatoms. The first-order valence-corrected chi connectivity index (χ1v) is 8.76. The minimum atomic E-state index is -1.08. The highest BCUT2D eigenvalue weighted by molar-refractivity contribution is 5.82. The number of hydrogen-bond acceptors (Lipinski definition) is 6. The fourth-order valence-electron chi connectivity index (χ4n) is 2.36. The number of aliphatic carboxylic acids is 2. The third kappa shape index (κ3) is 11.4. The van der Waals surface area contributed by atoms with Crippen LogP contribution in [0.4, 0.5) is 0 Å². The molecule has 2 unspecified atom stereocenters. The fraction of sp³-hybridized carbons (Fsp3) is 0.778. The van der Waals surface area contributed by atoms with Gasteiger partial charge in [0, 0.05) is 0 Å². The molecule has 0 saturated heterocycles. The summed E-state index contributed by atoms with van der Waals surface area (Å²) in [6.07, 6.45) is -0.593. The fourth-order valence-corrected chi connectivity index (χ4v) is 2.36. The van der Waals surface area contributed by atoms with Crippen LogP contribution in [0.5, 0.6) is 0 Å². The van der Waals surface area contributed by atoms with Gasteiger partial charge in [0.05, 0.1) is 37.9 Å². The molecule has 8 nitrogen and oxygen atoms in total. The van der Waals surface area contributed by atoms with E-state index in [1.54, 1.807) is 13.8 Å². The Bertz CT molecular complexity index is 414. The smallest absolute Gasteiger partial charge is 0.310 e. The highest BCUT2D eigenvalue weighted by Gasteiger charge is 2.39. The van der Waals surface area contributed by atoms with E-state index in [9.17, 15) is 19.2 Å². The number of carboxylic acid groups (broad SMARTS) is 2. The van der Waals surface area contributed by atoms with E-state index >= 15 is 0 Å². The maximum atomic E-state index is 12.0. The number of esters is 2. The Kier molecular flexibility index (Phi) is 14.2. The Morgan fingerprint density at radius 3 is 1.12 bits per heavy atom. The van der Waals surface area contributed by atoms with E-state index in [0.717, 1.165) is 0 Å². The third-order valence-corrected chi connectivity index (χ3v) is 3.49. The summed E-state index contributed by atoms with van der Waals surface area (Å²) in [5.41, 5.74) is 0. The van der Waals surface area contributed by atoms with Crippen LogP contribution in [0.1, 0.15) is 54.4 Å². The molecule has 0 radical (unpaired) electrons. The molecule has 0 spiro atoms. The van der Waals surface area contributed by atoms with E-state index in [2.05, 4.69) is 0 Å². The van der Waals surface area contributed by atoms with Crippen molar-refractivity contribution in [2.24, 2.45) is 23.7 Å². The number of ether oxygens (including phenoxy) is 2. The second-order valence-electron chi connectivity index (χ2n) is 6.33. The highest BCUT2D eigenvalue weighted by Crippen LogP contribution is 2.30. The maximum absolute atomic E-state index is 12.0. The van der Waals surface area contributed by atoms with Crippen molar-refractivity contribution in [3.05, 3.63) is 0 Å². The standard InChI is InChI=1S/C14H26O4.C4H6O4/c1-7-17-13(15)11(9(3)4)12(10(5)6)14(16)18-8-2;5-3(6)1-2-4(7)8/h9-12H,7-8H2,1-6H3;1-2H2,(H,5,6)(H,7,8). The van der Waals surface area contributed by atoms with Crippen molar-refractivity contribution in [1.82, 2.24) is 0 Å². The predicted octanol–water partition coefficient (Wildman–Crippen LogP) is 2.59. The summed E-state index contributed by atoms with van der Waals surface area (Å²) in [7, 11) is 0. The van der Waals surface area contributed by atoms with Gasteiger partial charge in [-0.1, -0.05) is 27.7 Å². The van der Waals surface area contributed by atoms with Crippen LogP contribution in [0.25, 0.3) is 0 Å². The van der Waals surface area contributed by atoms with Crippen molar-refractivity contribution in [2.45, 2.75) is 54.4 Å². The van der Waals surface area contributed by atoms with Crippen molar-refractivity contribution in [3.8, 4) is 0 Å². The zero-order valence-corrected chi connectivity index (χ0v) is 16.5. The lowest BCUT2D eigenvalue weighted by molar-refractivity contribution is -0.164. The molecule has 0 aromatic heterocycles. The molecule has 2 atom stereocenters. The zero-order valence-electron chi connectivity index (χ0n) is 16.5. The van der Waals surface area contributed by atoms with Crippen molar-refractivity contribution in [2.75, 3.05) is 13.2 Å². The van der Waals surface area contributed by atoms with E-state index in [-0.39, 0.29) is 36.6 Å². The molecule has 0 amide bonds. The quantitative estimate of drug-likeness (QED) is 0.557. The molecule has 0 aliphatic rings. The van der Waals surface area contributed by atoms with Crippen LogP contribution < -0.4 is 0 Å². The van der Waals surface area contributed by atoms with Crippen molar-refractivity contribution >= 4 is 23.9 Å². The summed E-state index contributed by atoms with van der Waals surface area (Å²) >= 11 is 0. The van der Waals surface area contributed by atoms with Crippen LogP contribution in [0, 0.1) is 23.7 Å². The van der Waals surface area contributed by atoms with Gasteiger partial charge in [0.15, 0.2) is 0 Å². The Morgan fingerprint density at radius 2 is 0.962 bits per heavy atom. The number of rotatable bonds is 10. The van der Waals surface area contributed by atoms with Crippen LogP contribution in [0.15, 0.2) is 0 Å². The summed E-state index contributed by atoms with van der Waals surface area (Å²) in [6, 6.07) is 0. The van der Waals surface area contributed by atoms with Gasteiger partial charge in [-0.15, -0.1) is 0 Å². The summed E-state index contributed by atoms with van der Waals surface area (Å²) in [5, 5.41) is 15.8. The molecule has 0 heterocycles. The summed E-state index contributed by atoms with van der Waals surface area (Å²) in [4.78, 5) is 43.3. The van der Waals surface area contributed by atoms with Gasteiger partial charge in [-0.05, 0) is 25.7 Å². The van der Waals surface area contributed by atoms with E-state index in [1.807, 2.05) is 27.7 Å². The molecule has 2 N–H and O–H groups in total. The second-order valence-corrected chi connectivity index (χ2v) is 6.33. The van der Waals surface area contributed by atoms with Crippen molar-refractivity contribution in [3.63, 3.8) is 0 Å². The monoisotopic (exact) mass is 376 g/mol. The molecular weight excluding hydrogens is 344 g/mol. The SMILES string of the molecule is CCOC(=O)C(C(C)C)C(C(=O)OCC)C(C)C.O=C(O)CCC(=O)O. The number of carboxylic acids is 2. The second kappa shape index (κ2) is 14.1. The Balaban J connectivity index is 0. The van der Waals surface area contributed by atoms with Crippen LogP contribution in [-0.4, -0.2) is 47.3 Å². The average Bonchev–Trinajstić information content (AvgIpc) is 2.50. The first kappa shape index (κ1) is 26.1. The van der Waals surface area contributed by atoms with Gasteiger partial charge in [-0.3, -0.25) is 19.2 Å². The topological polar surface area (TPSA) is 127 Å². The van der Waals surface area contributed by atoms with Gasteiger partial charge in [0.1, 0.15) is 0 Å². The van der Waals surface area contributed by atoms with Gasteiger partial charge in [-0.2, -0.15) is 0 Å². The van der Waals surface area contributed by atoms with E-state index in [0.29, 0.717) is 13.2 Å². The van der Waals surface area contributed by atoms with Crippen molar-refractivity contribution < 1.29 is 38.9 Å². The molecule has 26 heavy (non-hydrogen) atoms. The molecule has 0 aromatic rings. The molecule has 0 aromatic carbocycles. The average molecular weight is 376 g/mol. The Hall–Kier alpha value is -2.12. The van der Waals surface area contributed by atoms with Crippen LogP contribution in [0.3, 0.4) is 0 Å². The molecule has 0 aliphatic heterocycles. The minimum absolute atomic E-state index is 0.0425. The highest BCUT2D eigenvalue weighted by atomic mass is 16.5. The lowest BCUT2D eigenvalue weighted by atomic mass is 9.77. The van der Waals surface area contributed by atoms with Gasteiger partial charge in [0.25, 0.3) is 0 Å². The normalized spacial score (nSPS) is 12.6. The van der Waals surface area contributed by atoms with E-state index < -0.39 is 23.8 Å². The van der Waals surface area contributed by atoms with Gasteiger partial charge in [0.2, 0.25) is 0 Å². The van der Waals surface area contributed by atoms with E-state index in [1.165, 1.54) is 0 Å². The summed E-state index contributed by atoms with van der Waals surface area (Å²) < 4.78 is 10.2. The first-order chi connectivity index (χ1) is 12.0. The van der Waals surface area contributed by atoms with Gasteiger partial charge >= 0.3 is 23.9 Å². The maximum Gasteiger partial charge on any atom is 0.310 e. The van der Waals surface area contributed by atoms with Gasteiger partial charge in [-0.25, -0.2) is 0 Å². The summed E-state index contributed by atoms with van der Waals surface area (Å²) in [5.74, 6) is -3.56. The van der Waals surface area contributed by atoms with Crippen LogP contribution in [-0.2, 0) is 28.7 Å². The Labute approximate surface area is 154 Å². The molecule has 0 fully saturated rings. The van der Waals surface area contributed by atoms with Gasteiger partial charge < -0.3 is 19.7 Å². The largest absolute Gasteiger partial charge is 0.481 e. The number of carbonyl (C=O) groups excluding carboxylic acids is 2. The van der Waals surface area contributed by atoms with Crippen LogP contribution >= 0.6 is 0 Å².